The van der Waals surface area contributed by atoms with Gasteiger partial charge in [-0.05, 0) is 38.0 Å². The number of hydrogen-bond donors (Lipinski definition) is 2. The van der Waals surface area contributed by atoms with Crippen LogP contribution in [0.2, 0.25) is 0 Å². The number of nitrogens with one attached hydrogen (secondary N) is 1. The Morgan fingerprint density at radius 1 is 1.14 bits per heavy atom. The Bertz CT molecular complexity index is 1360. The quantitative estimate of drug-likeness (QED) is 0.390. The Balaban J connectivity index is 1.49. The highest BCUT2D eigenvalue weighted by molar-refractivity contribution is 8.00. The summed E-state index contributed by atoms with van der Waals surface area (Å²) in [6, 6.07) is 4.28. The van der Waals surface area contributed by atoms with Crippen LogP contribution < -0.4 is 21.6 Å². The average Bonchev–Trinajstić information content (AvgIpc) is 3.18. The second-order valence-electron chi connectivity index (χ2n) is 8.19. The Morgan fingerprint density at radius 2 is 1.89 bits per heavy atom. The van der Waals surface area contributed by atoms with Crippen molar-refractivity contribution in [2.45, 2.75) is 38.8 Å². The van der Waals surface area contributed by atoms with Crippen LogP contribution in [-0.2, 0) is 25.7 Å². The fourth-order valence-electron chi connectivity index (χ4n) is 3.74. The summed E-state index contributed by atoms with van der Waals surface area (Å²) in [5.74, 6) is -1.81. The summed E-state index contributed by atoms with van der Waals surface area (Å²) in [5.41, 5.74) is 6.88. The molecule has 1 aromatic carbocycles. The van der Waals surface area contributed by atoms with Gasteiger partial charge >= 0.3 is 24.0 Å². The van der Waals surface area contributed by atoms with E-state index in [0.29, 0.717) is 5.75 Å². The second kappa shape index (κ2) is 10.4. The van der Waals surface area contributed by atoms with Crippen molar-refractivity contribution in [2.24, 2.45) is 5.73 Å². The molecule has 4 rings (SSSR count). The number of primary amides is 1. The number of aryl methyl sites for hydroxylation is 2. The van der Waals surface area contributed by atoms with Crippen LogP contribution >= 0.6 is 11.8 Å². The molecule has 1 fully saturated rings. The summed E-state index contributed by atoms with van der Waals surface area (Å²) in [6.07, 6.45) is -1.89. The van der Waals surface area contributed by atoms with E-state index in [1.54, 1.807) is 19.1 Å². The number of carbonyl (C=O) groups is 4. The van der Waals surface area contributed by atoms with Crippen LogP contribution in [0, 0.1) is 20.8 Å². The van der Waals surface area contributed by atoms with Gasteiger partial charge in [-0.25, -0.2) is 19.2 Å². The predicted molar refractivity (Wildman–Crippen MR) is 126 cm³/mol. The molecular formula is C23H23N3O10S. The molecule has 0 radical (unpaired) electrons. The van der Waals surface area contributed by atoms with Gasteiger partial charge in [-0.2, -0.15) is 0 Å². The van der Waals surface area contributed by atoms with E-state index in [9.17, 15) is 24.0 Å². The molecule has 0 unspecified atom stereocenters. The van der Waals surface area contributed by atoms with Crippen LogP contribution in [0.4, 0.5) is 9.59 Å². The summed E-state index contributed by atoms with van der Waals surface area (Å²) in [4.78, 5) is 62.1. The summed E-state index contributed by atoms with van der Waals surface area (Å²) in [7, 11) is 0. The lowest BCUT2D eigenvalue weighted by Gasteiger charge is -2.49. The highest BCUT2D eigenvalue weighted by Gasteiger charge is 2.54. The van der Waals surface area contributed by atoms with Crippen LogP contribution in [0.25, 0.3) is 0 Å². The molecule has 2 aliphatic rings. The molecule has 2 aromatic rings. The molecule has 37 heavy (non-hydrogen) atoms. The molecule has 3 amide bonds. The number of rotatable bonds is 7. The standard InChI is InChI=1S/C23H23N3O10S/c1-10-5-4-6-14(11(10)2)35-22(30)25-16-18(27)26-17(13(7-33-21(24)29)9-37-19(16)26)20(28)32-8-15-12(3)34-23(31)36-15/h4-6,16,19H,7-9H2,1-3H3,(H2,24,29)(H,25,30)/t16-,19-/m1/s1. The summed E-state index contributed by atoms with van der Waals surface area (Å²) < 4.78 is 25.0. The number of amides is 3. The zero-order valence-electron chi connectivity index (χ0n) is 20.0. The Morgan fingerprint density at radius 3 is 2.57 bits per heavy atom. The lowest BCUT2D eigenvalue weighted by Crippen LogP contribution is -2.71. The van der Waals surface area contributed by atoms with Crippen LogP contribution in [0.1, 0.15) is 22.6 Å². The number of esters is 1. The van der Waals surface area contributed by atoms with E-state index in [2.05, 4.69) is 5.32 Å². The van der Waals surface area contributed by atoms with Gasteiger partial charge in [-0.1, -0.05) is 12.1 Å². The molecule has 0 bridgehead atoms. The number of carbonyl (C=O) groups excluding carboxylic acids is 4. The summed E-state index contributed by atoms with van der Waals surface area (Å²) >= 11 is 1.24. The number of ether oxygens (including phenoxy) is 3. The molecule has 1 saturated heterocycles. The maximum absolute atomic E-state index is 13.0. The third-order valence-corrected chi connectivity index (χ3v) is 7.17. The van der Waals surface area contributed by atoms with Crippen LogP contribution in [0.15, 0.2) is 43.1 Å². The van der Waals surface area contributed by atoms with Crippen molar-refractivity contribution in [3.05, 3.63) is 62.7 Å². The molecule has 3 heterocycles. The van der Waals surface area contributed by atoms with Crippen molar-refractivity contribution >= 4 is 35.8 Å². The first kappa shape index (κ1) is 25.9. The summed E-state index contributed by atoms with van der Waals surface area (Å²) in [6.45, 7) is 4.35. The van der Waals surface area contributed by atoms with Crippen molar-refractivity contribution in [2.75, 3.05) is 12.4 Å². The van der Waals surface area contributed by atoms with E-state index < -0.39 is 47.9 Å². The number of nitrogens with two attached hydrogens (primary N) is 1. The number of nitrogens with zero attached hydrogens (tertiary/aromatic N) is 1. The zero-order chi connectivity index (χ0) is 26.9. The van der Waals surface area contributed by atoms with Crippen molar-refractivity contribution in [1.82, 2.24) is 10.2 Å². The number of fused-ring (bicyclic) bond motifs is 1. The fourth-order valence-corrected chi connectivity index (χ4v) is 5.07. The summed E-state index contributed by atoms with van der Waals surface area (Å²) in [5, 5.41) is 1.89. The smallest absolute Gasteiger partial charge is 0.453 e. The Labute approximate surface area is 213 Å². The predicted octanol–water partition coefficient (Wildman–Crippen LogP) is 1.62. The largest absolute Gasteiger partial charge is 0.519 e. The number of thioether (sulfide) groups is 1. The van der Waals surface area contributed by atoms with Gasteiger partial charge in [0, 0.05) is 11.3 Å². The van der Waals surface area contributed by atoms with Crippen LogP contribution in [0.5, 0.6) is 5.75 Å². The first-order valence-corrected chi connectivity index (χ1v) is 12.0. The molecule has 1 aromatic heterocycles. The maximum atomic E-state index is 13.0. The minimum atomic E-state index is -1.06. The third kappa shape index (κ3) is 5.33. The van der Waals surface area contributed by atoms with Gasteiger partial charge in [-0.3, -0.25) is 9.69 Å². The maximum Gasteiger partial charge on any atom is 0.519 e. The van der Waals surface area contributed by atoms with Gasteiger partial charge in [0.25, 0.3) is 5.91 Å². The first-order valence-electron chi connectivity index (χ1n) is 11.0. The molecule has 14 heteroatoms. The SMILES string of the molecule is Cc1cccc(OC(=O)N[C@@H]2C(=O)N3C(C(=O)OCc4oc(=O)oc4C)=C(COC(N)=O)CS[C@H]23)c1C. The van der Waals surface area contributed by atoms with Crippen LogP contribution in [0.3, 0.4) is 0 Å². The first-order chi connectivity index (χ1) is 17.6. The van der Waals surface area contributed by atoms with Gasteiger partial charge in [0.15, 0.2) is 18.1 Å². The molecule has 0 saturated carbocycles. The minimum absolute atomic E-state index is 0.000660. The van der Waals surface area contributed by atoms with Gasteiger partial charge in [0.1, 0.15) is 29.5 Å². The van der Waals surface area contributed by atoms with Crippen molar-refractivity contribution in [3.8, 4) is 5.75 Å². The third-order valence-electron chi connectivity index (χ3n) is 5.83. The van der Waals surface area contributed by atoms with Crippen LogP contribution in [-0.4, -0.2) is 52.7 Å². The molecule has 13 nitrogen and oxygen atoms in total. The highest BCUT2D eigenvalue weighted by atomic mass is 32.2. The molecule has 3 N–H and O–H groups in total. The lowest BCUT2D eigenvalue weighted by molar-refractivity contribution is -0.152. The number of β-lactam (4-membered cyclic amide) rings is 1. The minimum Gasteiger partial charge on any atom is -0.453 e. The molecule has 0 spiro atoms. The fraction of sp³-hybridized carbons (Fsp3) is 0.348. The van der Waals surface area contributed by atoms with Crippen molar-refractivity contribution < 1.29 is 42.2 Å². The molecular weight excluding hydrogens is 510 g/mol. The topological polar surface area (TPSA) is 181 Å². The molecule has 0 aliphatic carbocycles. The second-order valence-corrected chi connectivity index (χ2v) is 9.29. The van der Waals surface area contributed by atoms with Crippen molar-refractivity contribution in [3.63, 3.8) is 0 Å². The molecule has 2 atom stereocenters. The molecule has 196 valence electrons. The van der Waals surface area contributed by atoms with Crippen molar-refractivity contribution in [1.29, 1.82) is 0 Å². The Hall–Kier alpha value is -4.20. The zero-order valence-corrected chi connectivity index (χ0v) is 20.8. The van der Waals surface area contributed by atoms with Gasteiger partial charge in [-0.15, -0.1) is 11.8 Å². The highest BCUT2D eigenvalue weighted by Crippen LogP contribution is 2.41. The van der Waals surface area contributed by atoms with E-state index >= 15 is 0 Å². The van der Waals surface area contributed by atoms with Gasteiger partial charge in [0.2, 0.25) is 0 Å². The van der Waals surface area contributed by atoms with E-state index in [1.807, 2.05) is 13.0 Å². The van der Waals surface area contributed by atoms with Gasteiger partial charge < -0.3 is 34.1 Å². The van der Waals surface area contributed by atoms with E-state index in [0.717, 1.165) is 16.0 Å². The Kier molecular flexibility index (Phi) is 7.29. The lowest BCUT2D eigenvalue weighted by atomic mass is 10.0. The van der Waals surface area contributed by atoms with E-state index in [4.69, 9.17) is 28.8 Å². The average molecular weight is 534 g/mol. The monoisotopic (exact) mass is 533 g/mol. The number of hydrogen-bond acceptors (Lipinski definition) is 11. The van der Waals surface area contributed by atoms with E-state index in [-0.39, 0.29) is 35.2 Å². The van der Waals surface area contributed by atoms with Gasteiger partial charge in [0.05, 0.1) is 0 Å². The number of benzene rings is 1. The van der Waals surface area contributed by atoms with E-state index in [1.165, 1.54) is 18.7 Å². The normalized spacial score (nSPS) is 18.6. The molecule has 2 aliphatic heterocycles.